The lowest BCUT2D eigenvalue weighted by Gasteiger charge is -2.06. The van der Waals surface area contributed by atoms with Gasteiger partial charge in [0.05, 0.1) is 3.57 Å². The molecule has 16 heavy (non-hydrogen) atoms. The van der Waals surface area contributed by atoms with Gasteiger partial charge in [-0.3, -0.25) is 0 Å². The summed E-state index contributed by atoms with van der Waals surface area (Å²) in [7, 11) is 0. The molecule has 0 amide bonds. The summed E-state index contributed by atoms with van der Waals surface area (Å²) in [6.45, 7) is 10.6. The van der Waals surface area contributed by atoms with Crippen molar-refractivity contribution in [3.05, 3.63) is 32.1 Å². The average molecular weight is 346 g/mol. The first-order chi connectivity index (χ1) is 7.46. The van der Waals surface area contributed by atoms with Gasteiger partial charge in [0.25, 0.3) is 0 Å². The molecule has 0 aliphatic heterocycles. The van der Waals surface area contributed by atoms with Crippen molar-refractivity contribution >= 4 is 22.6 Å². The molecular weight excluding hydrogens is 328 g/mol. The summed E-state index contributed by atoms with van der Waals surface area (Å²) in [4.78, 5) is 0. The van der Waals surface area contributed by atoms with E-state index in [2.05, 4.69) is 0 Å². The monoisotopic (exact) mass is 346 g/mol. The number of halogens is 4. The van der Waals surface area contributed by atoms with Gasteiger partial charge in [0, 0.05) is 11.1 Å². The first-order valence-corrected chi connectivity index (χ1v) is 6.33. The molecule has 0 saturated carbocycles. The lowest BCUT2D eigenvalue weighted by Crippen LogP contribution is -2.01. The van der Waals surface area contributed by atoms with Gasteiger partial charge in [-0.05, 0) is 36.4 Å². The van der Waals surface area contributed by atoms with Crippen LogP contribution in [-0.2, 0) is 0 Å². The van der Waals surface area contributed by atoms with E-state index in [0.717, 1.165) is 0 Å². The first-order valence-electron chi connectivity index (χ1n) is 5.26. The highest BCUT2D eigenvalue weighted by molar-refractivity contribution is 14.1. The molecule has 4 heteroatoms. The molecule has 0 aliphatic rings. The topological polar surface area (TPSA) is 0 Å². The van der Waals surface area contributed by atoms with Crippen LogP contribution in [0.3, 0.4) is 0 Å². The quantitative estimate of drug-likeness (QED) is 0.437. The van der Waals surface area contributed by atoms with Crippen molar-refractivity contribution in [2.45, 2.75) is 41.5 Å². The summed E-state index contributed by atoms with van der Waals surface area (Å²) in [6, 6.07) is 0. The first kappa shape index (κ1) is 18.1. The van der Waals surface area contributed by atoms with Gasteiger partial charge in [-0.2, -0.15) is 0 Å². The van der Waals surface area contributed by atoms with Crippen LogP contribution in [0.2, 0.25) is 0 Å². The summed E-state index contributed by atoms with van der Waals surface area (Å²) < 4.78 is 38.9. The van der Waals surface area contributed by atoms with Gasteiger partial charge in [-0.25, -0.2) is 13.2 Å². The summed E-state index contributed by atoms with van der Waals surface area (Å²) in [5.74, 6) is -2.73. The third-order valence-corrected chi connectivity index (χ3v) is 2.98. The normalized spacial score (nSPS) is 8.62. The van der Waals surface area contributed by atoms with Crippen LogP contribution in [0.15, 0.2) is 0 Å². The van der Waals surface area contributed by atoms with Gasteiger partial charge in [-0.1, -0.05) is 27.7 Å². The molecule has 0 heterocycles. The van der Waals surface area contributed by atoms with Crippen LogP contribution < -0.4 is 0 Å². The minimum atomic E-state index is -1.09. The molecule has 1 aromatic rings. The van der Waals surface area contributed by atoms with E-state index in [9.17, 15) is 13.2 Å². The standard InChI is InChI=1S/C8H6F3I.2C2H6/c1-3-5(9)6(10)4(2)8(12)7(3)11;2*1-2/h1-2H3;2*1-2H3. The molecule has 0 spiro atoms. The van der Waals surface area contributed by atoms with Gasteiger partial charge in [-0.15, -0.1) is 0 Å². The van der Waals surface area contributed by atoms with Crippen LogP contribution in [0, 0.1) is 34.9 Å². The zero-order valence-electron chi connectivity index (χ0n) is 10.5. The van der Waals surface area contributed by atoms with Crippen molar-refractivity contribution in [2.24, 2.45) is 0 Å². The fourth-order valence-corrected chi connectivity index (χ4v) is 1.49. The predicted octanol–water partition coefficient (Wildman–Crippen LogP) is 5.38. The predicted molar refractivity (Wildman–Crippen MR) is 71.2 cm³/mol. The van der Waals surface area contributed by atoms with Gasteiger partial charge in [0.2, 0.25) is 0 Å². The Bertz CT molecular complexity index is 231. The lowest BCUT2D eigenvalue weighted by molar-refractivity contribution is 0.477. The molecule has 0 saturated heterocycles. The SMILES string of the molecule is CC.CC.Cc1c(F)c(F)c(C)c(I)c1F. The Balaban J connectivity index is 0. The maximum absolute atomic E-state index is 13.0. The molecule has 0 radical (unpaired) electrons. The number of hydrogen-bond donors (Lipinski definition) is 0. The highest BCUT2D eigenvalue weighted by Gasteiger charge is 2.17. The molecule has 1 rings (SSSR count). The van der Waals surface area contributed by atoms with Crippen LogP contribution in [0.1, 0.15) is 38.8 Å². The Hall–Kier alpha value is -0.260. The molecule has 0 bridgehead atoms. The number of benzene rings is 1. The molecule has 0 aliphatic carbocycles. The van der Waals surface area contributed by atoms with Crippen molar-refractivity contribution in [3.8, 4) is 0 Å². The van der Waals surface area contributed by atoms with Crippen molar-refractivity contribution in [3.63, 3.8) is 0 Å². The molecule has 0 N–H and O–H groups in total. The van der Waals surface area contributed by atoms with E-state index < -0.39 is 17.5 Å². The molecule has 0 fully saturated rings. The van der Waals surface area contributed by atoms with Crippen molar-refractivity contribution < 1.29 is 13.2 Å². The van der Waals surface area contributed by atoms with E-state index in [1.807, 2.05) is 27.7 Å². The zero-order valence-corrected chi connectivity index (χ0v) is 12.7. The van der Waals surface area contributed by atoms with Crippen LogP contribution in [0.25, 0.3) is 0 Å². The highest BCUT2D eigenvalue weighted by atomic mass is 127. The average Bonchev–Trinajstić information content (AvgIpc) is 2.36. The van der Waals surface area contributed by atoms with Crippen LogP contribution in [0.5, 0.6) is 0 Å². The molecule has 0 nitrogen and oxygen atoms in total. The Labute approximate surface area is 109 Å². The van der Waals surface area contributed by atoms with Gasteiger partial charge >= 0.3 is 0 Å². The minimum absolute atomic E-state index is 0.0243. The zero-order chi connectivity index (χ0) is 13.5. The van der Waals surface area contributed by atoms with E-state index in [0.29, 0.717) is 0 Å². The Morgan fingerprint density at radius 1 is 0.688 bits per heavy atom. The molecule has 1 aromatic carbocycles. The summed E-state index contributed by atoms with van der Waals surface area (Å²) in [6.07, 6.45) is 0. The van der Waals surface area contributed by atoms with Crippen molar-refractivity contribution in [2.75, 3.05) is 0 Å². The van der Waals surface area contributed by atoms with Crippen molar-refractivity contribution in [1.82, 2.24) is 0 Å². The van der Waals surface area contributed by atoms with E-state index in [4.69, 9.17) is 0 Å². The Kier molecular flexibility index (Phi) is 10.0. The van der Waals surface area contributed by atoms with E-state index >= 15 is 0 Å². The maximum Gasteiger partial charge on any atom is 0.164 e. The molecular formula is C12H18F3I. The smallest absolute Gasteiger partial charge is 0.164 e. The Morgan fingerprint density at radius 2 is 1.00 bits per heavy atom. The molecule has 0 aromatic heterocycles. The van der Waals surface area contributed by atoms with Gasteiger partial charge in [0.1, 0.15) is 5.82 Å². The number of hydrogen-bond acceptors (Lipinski definition) is 0. The van der Waals surface area contributed by atoms with Crippen LogP contribution in [0.4, 0.5) is 13.2 Å². The second-order valence-electron chi connectivity index (χ2n) is 2.51. The van der Waals surface area contributed by atoms with E-state index in [1.165, 1.54) is 13.8 Å². The minimum Gasteiger partial charge on any atom is -0.205 e. The van der Waals surface area contributed by atoms with Crippen LogP contribution >= 0.6 is 22.6 Å². The highest BCUT2D eigenvalue weighted by Crippen LogP contribution is 2.24. The van der Waals surface area contributed by atoms with Crippen molar-refractivity contribution in [1.29, 1.82) is 0 Å². The molecule has 0 unspecified atom stereocenters. The fourth-order valence-electron chi connectivity index (χ4n) is 0.851. The number of rotatable bonds is 0. The third-order valence-electron chi connectivity index (χ3n) is 1.70. The molecule has 0 atom stereocenters. The summed E-state index contributed by atoms with van der Waals surface area (Å²) in [5, 5.41) is 0. The van der Waals surface area contributed by atoms with E-state index in [1.54, 1.807) is 22.6 Å². The third kappa shape index (κ3) is 3.96. The second kappa shape index (κ2) is 8.84. The lowest BCUT2D eigenvalue weighted by atomic mass is 10.1. The summed E-state index contributed by atoms with van der Waals surface area (Å²) >= 11 is 1.66. The maximum atomic E-state index is 13.0. The Morgan fingerprint density at radius 3 is 1.38 bits per heavy atom. The van der Waals surface area contributed by atoms with Gasteiger partial charge in [0.15, 0.2) is 11.6 Å². The largest absolute Gasteiger partial charge is 0.205 e. The summed E-state index contributed by atoms with van der Waals surface area (Å²) in [5.41, 5.74) is -0.237. The van der Waals surface area contributed by atoms with Gasteiger partial charge < -0.3 is 0 Å². The van der Waals surface area contributed by atoms with E-state index in [-0.39, 0.29) is 14.7 Å². The second-order valence-corrected chi connectivity index (χ2v) is 3.58. The molecule has 94 valence electrons. The fraction of sp³-hybridized carbons (Fsp3) is 0.500. The van der Waals surface area contributed by atoms with Crippen LogP contribution in [-0.4, -0.2) is 0 Å².